The van der Waals surface area contributed by atoms with Gasteiger partial charge in [0.25, 0.3) is 5.91 Å². The van der Waals surface area contributed by atoms with Crippen LogP contribution < -0.4 is 5.32 Å². The van der Waals surface area contributed by atoms with Crippen LogP contribution in [0.3, 0.4) is 0 Å². The number of hydrogen-bond acceptors (Lipinski definition) is 3. The normalized spacial score (nSPS) is 12.3. The van der Waals surface area contributed by atoms with Crippen molar-refractivity contribution in [2.75, 3.05) is 6.61 Å². The van der Waals surface area contributed by atoms with E-state index in [0.717, 1.165) is 10.9 Å². The van der Waals surface area contributed by atoms with E-state index in [0.29, 0.717) is 5.69 Å². The average Bonchev–Trinajstić information content (AvgIpc) is 2.81. The third-order valence-corrected chi connectivity index (χ3v) is 2.80. The van der Waals surface area contributed by atoms with Crippen LogP contribution in [0.2, 0.25) is 0 Å². The number of carboxylic acid groups (broad SMARTS) is 1. The van der Waals surface area contributed by atoms with Gasteiger partial charge in [-0.2, -0.15) is 0 Å². The van der Waals surface area contributed by atoms with Gasteiger partial charge in [0, 0.05) is 23.9 Å². The highest BCUT2D eigenvalue weighted by Crippen LogP contribution is 2.14. The summed E-state index contributed by atoms with van der Waals surface area (Å²) in [6, 6.07) is 7.93. The molecule has 1 aromatic heterocycles. The van der Waals surface area contributed by atoms with E-state index in [1.807, 2.05) is 24.3 Å². The number of nitrogens with one attached hydrogen (secondary N) is 2. The first-order chi connectivity index (χ1) is 9.11. The van der Waals surface area contributed by atoms with E-state index in [1.54, 1.807) is 6.07 Å². The minimum atomic E-state index is -1.17. The number of benzene rings is 1. The van der Waals surface area contributed by atoms with Crippen LogP contribution in [0.5, 0.6) is 0 Å². The van der Waals surface area contributed by atoms with Gasteiger partial charge in [0.15, 0.2) is 0 Å². The number of aromatic nitrogens is 1. The second-order valence-corrected chi connectivity index (χ2v) is 4.15. The Balaban J connectivity index is 2.16. The minimum Gasteiger partial charge on any atom is -0.480 e. The molecule has 0 saturated heterocycles. The number of fused-ring (bicyclic) bond motifs is 1. The molecule has 0 bridgehead atoms. The Morgan fingerprint density at radius 3 is 2.68 bits per heavy atom. The number of aliphatic hydroxyl groups excluding tert-OH is 1. The van der Waals surface area contributed by atoms with Gasteiger partial charge in [-0.15, -0.1) is 0 Å². The summed E-state index contributed by atoms with van der Waals surface area (Å²) >= 11 is 0. The van der Waals surface area contributed by atoms with Gasteiger partial charge >= 0.3 is 5.97 Å². The molecule has 1 unspecified atom stereocenters. The van der Waals surface area contributed by atoms with Gasteiger partial charge < -0.3 is 20.5 Å². The number of hydrogen-bond donors (Lipinski definition) is 4. The zero-order chi connectivity index (χ0) is 13.8. The fourth-order valence-corrected chi connectivity index (χ4v) is 1.82. The van der Waals surface area contributed by atoms with E-state index in [1.165, 1.54) is 0 Å². The van der Waals surface area contributed by atoms with Crippen molar-refractivity contribution in [3.8, 4) is 0 Å². The Hall–Kier alpha value is -2.34. The van der Waals surface area contributed by atoms with E-state index in [4.69, 9.17) is 10.2 Å². The summed E-state index contributed by atoms with van der Waals surface area (Å²) in [6.07, 6.45) is -0.0265. The largest absolute Gasteiger partial charge is 0.480 e. The molecule has 100 valence electrons. The van der Waals surface area contributed by atoms with Gasteiger partial charge in [-0.05, 0) is 12.1 Å². The molecule has 0 fully saturated rings. The molecule has 1 atom stereocenters. The summed E-state index contributed by atoms with van der Waals surface area (Å²) in [5.74, 6) is -1.67. The first kappa shape index (κ1) is 13.1. The average molecular weight is 262 g/mol. The molecule has 0 saturated carbocycles. The van der Waals surface area contributed by atoms with Crippen molar-refractivity contribution in [1.29, 1.82) is 0 Å². The molecule has 0 aliphatic heterocycles. The van der Waals surface area contributed by atoms with Crippen molar-refractivity contribution in [1.82, 2.24) is 10.3 Å². The molecule has 2 aromatic rings. The van der Waals surface area contributed by atoms with Crippen molar-refractivity contribution < 1.29 is 19.8 Å². The Morgan fingerprint density at radius 1 is 1.32 bits per heavy atom. The highest BCUT2D eigenvalue weighted by molar-refractivity contribution is 5.99. The molecule has 1 amide bonds. The van der Waals surface area contributed by atoms with Crippen LogP contribution >= 0.6 is 0 Å². The summed E-state index contributed by atoms with van der Waals surface area (Å²) in [7, 11) is 0. The maximum atomic E-state index is 11.9. The summed E-state index contributed by atoms with van der Waals surface area (Å²) in [5, 5.41) is 20.9. The molecule has 6 heteroatoms. The molecule has 19 heavy (non-hydrogen) atoms. The SMILES string of the molecule is O=C(NC(CCO)C(=O)O)c1cc2ccccc2[nH]1. The second-order valence-electron chi connectivity index (χ2n) is 4.15. The number of aliphatic carboxylic acids is 1. The summed E-state index contributed by atoms with van der Waals surface area (Å²) in [4.78, 5) is 25.7. The van der Waals surface area contributed by atoms with E-state index >= 15 is 0 Å². The zero-order valence-electron chi connectivity index (χ0n) is 10.1. The molecule has 0 aliphatic carbocycles. The number of carbonyl (C=O) groups excluding carboxylic acids is 1. The Kier molecular flexibility index (Phi) is 3.82. The zero-order valence-corrected chi connectivity index (χ0v) is 10.1. The summed E-state index contributed by atoms with van der Waals surface area (Å²) in [5.41, 5.74) is 1.10. The third kappa shape index (κ3) is 2.92. The van der Waals surface area contributed by atoms with Crippen molar-refractivity contribution >= 4 is 22.8 Å². The minimum absolute atomic E-state index is 0.0265. The predicted octanol–water partition coefficient (Wildman–Crippen LogP) is 0.733. The van der Waals surface area contributed by atoms with Crippen LogP contribution in [0.15, 0.2) is 30.3 Å². The van der Waals surface area contributed by atoms with Crippen LogP contribution in [0.1, 0.15) is 16.9 Å². The quantitative estimate of drug-likeness (QED) is 0.638. The standard InChI is InChI=1S/C13H14N2O4/c16-6-5-10(13(18)19)15-12(17)11-7-8-3-1-2-4-9(8)14-11/h1-4,7,10,14,16H,5-6H2,(H,15,17)(H,18,19). The van der Waals surface area contributed by atoms with E-state index in [9.17, 15) is 9.59 Å². The molecule has 0 radical (unpaired) electrons. The number of aromatic amines is 1. The van der Waals surface area contributed by atoms with Gasteiger partial charge in [-0.3, -0.25) is 4.79 Å². The van der Waals surface area contributed by atoms with Crippen LogP contribution in [0.25, 0.3) is 10.9 Å². The number of aliphatic hydroxyl groups is 1. The van der Waals surface area contributed by atoms with Crippen molar-refractivity contribution in [3.63, 3.8) is 0 Å². The Labute approximate surface area is 109 Å². The number of para-hydroxylation sites is 1. The lowest BCUT2D eigenvalue weighted by atomic mass is 10.2. The van der Waals surface area contributed by atoms with Gasteiger partial charge in [-0.25, -0.2) is 4.79 Å². The van der Waals surface area contributed by atoms with Gasteiger partial charge in [0.05, 0.1) is 0 Å². The number of amides is 1. The van der Waals surface area contributed by atoms with Gasteiger partial charge in [0.2, 0.25) is 0 Å². The fourth-order valence-electron chi connectivity index (χ4n) is 1.82. The molecular weight excluding hydrogens is 248 g/mol. The lowest BCUT2D eigenvalue weighted by Gasteiger charge is -2.12. The van der Waals surface area contributed by atoms with Crippen molar-refractivity contribution in [2.24, 2.45) is 0 Å². The van der Waals surface area contributed by atoms with Crippen molar-refractivity contribution in [3.05, 3.63) is 36.0 Å². The highest BCUT2D eigenvalue weighted by Gasteiger charge is 2.20. The monoisotopic (exact) mass is 262 g/mol. The Bertz CT molecular complexity index is 572. The first-order valence-electron chi connectivity index (χ1n) is 5.84. The van der Waals surface area contributed by atoms with Gasteiger partial charge in [-0.1, -0.05) is 18.2 Å². The summed E-state index contributed by atoms with van der Waals surface area (Å²) < 4.78 is 0. The van der Waals surface area contributed by atoms with Crippen LogP contribution in [0.4, 0.5) is 0 Å². The van der Waals surface area contributed by atoms with E-state index in [-0.39, 0.29) is 13.0 Å². The van der Waals surface area contributed by atoms with Crippen LogP contribution in [-0.2, 0) is 4.79 Å². The van der Waals surface area contributed by atoms with E-state index < -0.39 is 17.9 Å². The molecule has 4 N–H and O–H groups in total. The van der Waals surface area contributed by atoms with Crippen molar-refractivity contribution in [2.45, 2.75) is 12.5 Å². The molecule has 0 spiro atoms. The lowest BCUT2D eigenvalue weighted by Crippen LogP contribution is -2.41. The maximum absolute atomic E-state index is 11.9. The molecular formula is C13H14N2O4. The highest BCUT2D eigenvalue weighted by atomic mass is 16.4. The lowest BCUT2D eigenvalue weighted by molar-refractivity contribution is -0.139. The molecule has 1 heterocycles. The summed E-state index contributed by atoms with van der Waals surface area (Å²) in [6.45, 7) is -0.302. The third-order valence-electron chi connectivity index (χ3n) is 2.80. The number of carbonyl (C=O) groups is 2. The number of H-pyrrole nitrogens is 1. The smallest absolute Gasteiger partial charge is 0.326 e. The van der Waals surface area contributed by atoms with Crippen LogP contribution in [-0.4, -0.2) is 39.7 Å². The van der Waals surface area contributed by atoms with E-state index in [2.05, 4.69) is 10.3 Å². The first-order valence-corrected chi connectivity index (χ1v) is 5.84. The predicted molar refractivity (Wildman–Crippen MR) is 68.9 cm³/mol. The second kappa shape index (κ2) is 5.53. The molecule has 6 nitrogen and oxygen atoms in total. The molecule has 2 rings (SSSR count). The van der Waals surface area contributed by atoms with Gasteiger partial charge in [0.1, 0.15) is 11.7 Å². The molecule has 0 aliphatic rings. The Morgan fingerprint density at radius 2 is 2.05 bits per heavy atom. The number of carboxylic acids is 1. The van der Waals surface area contributed by atoms with Crippen LogP contribution in [0, 0.1) is 0 Å². The maximum Gasteiger partial charge on any atom is 0.326 e. The fraction of sp³-hybridized carbons (Fsp3) is 0.231. The molecule has 1 aromatic carbocycles. The number of rotatable bonds is 5. The topological polar surface area (TPSA) is 102 Å².